The molecule has 0 atom stereocenters. The summed E-state index contributed by atoms with van der Waals surface area (Å²) < 4.78 is 25.3. The zero-order valence-electron chi connectivity index (χ0n) is 12.6. The summed E-state index contributed by atoms with van der Waals surface area (Å²) >= 11 is 0. The molecule has 4 nitrogen and oxygen atoms in total. The molecule has 0 spiro atoms. The van der Waals surface area contributed by atoms with Gasteiger partial charge in [-0.2, -0.15) is 0 Å². The highest BCUT2D eigenvalue weighted by molar-refractivity contribution is 6.52. The molecule has 0 aromatic carbocycles. The predicted octanol–water partition coefficient (Wildman–Crippen LogP) is 3.35. The third-order valence-corrected chi connectivity index (χ3v) is 4.26. The first-order valence-electron chi connectivity index (χ1n) is 6.96. The van der Waals surface area contributed by atoms with Crippen molar-refractivity contribution in [3.05, 3.63) is 35.9 Å². The minimum Gasteiger partial charge on any atom is -0.400 e. The van der Waals surface area contributed by atoms with E-state index in [0.717, 1.165) is 5.39 Å². The Labute approximate surface area is 123 Å². The van der Waals surface area contributed by atoms with Gasteiger partial charge in [0.25, 0.3) is 0 Å². The van der Waals surface area contributed by atoms with Crippen LogP contribution in [-0.2, 0) is 9.31 Å². The van der Waals surface area contributed by atoms with Gasteiger partial charge in [0, 0.05) is 11.6 Å². The maximum atomic E-state index is 13.6. The number of H-pyrrole nitrogens is 1. The summed E-state index contributed by atoms with van der Waals surface area (Å²) in [5.41, 5.74) is 0.393. The van der Waals surface area contributed by atoms with Gasteiger partial charge in [0.15, 0.2) is 5.82 Å². The first kappa shape index (κ1) is 14.3. The predicted molar refractivity (Wildman–Crippen MR) is 81.2 cm³/mol. The second-order valence-electron chi connectivity index (χ2n) is 6.24. The van der Waals surface area contributed by atoms with E-state index < -0.39 is 7.12 Å². The lowest BCUT2D eigenvalue weighted by Crippen LogP contribution is -2.41. The number of hydrogen-bond donors (Lipinski definition) is 1. The highest BCUT2D eigenvalue weighted by Crippen LogP contribution is 2.37. The molecule has 6 heteroatoms. The molecule has 110 valence electrons. The Morgan fingerprint density at radius 3 is 2.57 bits per heavy atom. The summed E-state index contributed by atoms with van der Waals surface area (Å²) in [6, 6.07) is 1.80. The fourth-order valence-corrected chi connectivity index (χ4v) is 2.31. The van der Waals surface area contributed by atoms with Crippen LogP contribution in [0.4, 0.5) is 4.39 Å². The van der Waals surface area contributed by atoms with Gasteiger partial charge >= 0.3 is 7.12 Å². The molecule has 0 bridgehead atoms. The molecule has 3 rings (SSSR count). The zero-order chi connectivity index (χ0) is 15.3. The Morgan fingerprint density at radius 1 is 1.24 bits per heavy atom. The Kier molecular flexibility index (Phi) is 3.18. The largest absolute Gasteiger partial charge is 0.487 e. The second-order valence-corrected chi connectivity index (χ2v) is 6.24. The van der Waals surface area contributed by atoms with E-state index in [1.54, 1.807) is 18.3 Å². The van der Waals surface area contributed by atoms with Crippen molar-refractivity contribution >= 4 is 24.1 Å². The Bertz CT molecular complexity index is 693. The van der Waals surface area contributed by atoms with Crippen LogP contribution in [-0.4, -0.2) is 28.3 Å². The molecule has 0 aliphatic carbocycles. The maximum Gasteiger partial charge on any atom is 0.487 e. The number of hydrogen-bond acceptors (Lipinski definition) is 3. The molecule has 2 aromatic rings. The zero-order valence-corrected chi connectivity index (χ0v) is 12.6. The minimum atomic E-state index is -0.434. The molecule has 1 N–H and O–H groups in total. The Balaban J connectivity index is 1.87. The first-order chi connectivity index (χ1) is 9.80. The van der Waals surface area contributed by atoms with E-state index in [1.807, 2.05) is 33.7 Å². The highest BCUT2D eigenvalue weighted by atomic mass is 19.1. The van der Waals surface area contributed by atoms with Crippen molar-refractivity contribution in [2.75, 3.05) is 0 Å². The molecule has 3 heterocycles. The summed E-state index contributed by atoms with van der Waals surface area (Å²) in [6.07, 6.45) is 4.71. The lowest BCUT2D eigenvalue weighted by Gasteiger charge is -2.32. The van der Waals surface area contributed by atoms with Gasteiger partial charge in [-0.1, -0.05) is 5.98 Å². The normalized spacial score (nSPS) is 20.7. The van der Waals surface area contributed by atoms with Crippen LogP contribution in [0.2, 0.25) is 0 Å². The van der Waals surface area contributed by atoms with E-state index in [2.05, 4.69) is 9.97 Å². The second kappa shape index (κ2) is 4.68. The number of halogens is 1. The van der Waals surface area contributed by atoms with Crippen LogP contribution in [0.3, 0.4) is 0 Å². The number of fused-ring (bicyclic) bond motifs is 1. The van der Waals surface area contributed by atoms with Crippen molar-refractivity contribution in [2.45, 2.75) is 38.9 Å². The molecule has 1 aliphatic rings. The van der Waals surface area contributed by atoms with Crippen LogP contribution in [0.15, 0.2) is 24.4 Å². The van der Waals surface area contributed by atoms with Crippen molar-refractivity contribution in [3.63, 3.8) is 0 Å². The van der Waals surface area contributed by atoms with E-state index in [4.69, 9.17) is 9.31 Å². The van der Waals surface area contributed by atoms with Crippen molar-refractivity contribution in [1.82, 2.24) is 9.97 Å². The molecule has 1 aliphatic heterocycles. The summed E-state index contributed by atoms with van der Waals surface area (Å²) in [6.45, 7) is 8.01. The van der Waals surface area contributed by atoms with Gasteiger partial charge in [0.1, 0.15) is 0 Å². The van der Waals surface area contributed by atoms with Gasteiger partial charge in [-0.25, -0.2) is 4.39 Å². The average molecular weight is 288 g/mol. The van der Waals surface area contributed by atoms with Crippen LogP contribution >= 0.6 is 0 Å². The molecule has 1 fully saturated rings. The minimum absolute atomic E-state index is 0.359. The third kappa shape index (κ3) is 2.38. The standard InChI is InChI=1S/C15H18BFN2O2/c1-14(2)15(3,4)21-16(20-14)7-5-12-10-6-8-18-13(10)11(17)9-19-12/h5-9,18H,1-4H3/b7-5+. The molecular weight excluding hydrogens is 270 g/mol. The van der Waals surface area contributed by atoms with Crippen molar-refractivity contribution in [1.29, 1.82) is 0 Å². The molecular formula is C15H18BFN2O2. The molecule has 0 unspecified atom stereocenters. The summed E-state index contributed by atoms with van der Waals surface area (Å²) in [5.74, 6) is 1.45. The average Bonchev–Trinajstić information content (AvgIpc) is 2.93. The molecule has 2 aromatic heterocycles. The van der Waals surface area contributed by atoms with Crippen LogP contribution in [0.1, 0.15) is 33.4 Å². The lowest BCUT2D eigenvalue weighted by atomic mass is 9.89. The topological polar surface area (TPSA) is 47.1 Å². The van der Waals surface area contributed by atoms with Crippen molar-refractivity contribution in [2.24, 2.45) is 0 Å². The summed E-state index contributed by atoms with van der Waals surface area (Å²) in [7, 11) is -0.434. The Morgan fingerprint density at radius 2 is 1.90 bits per heavy atom. The van der Waals surface area contributed by atoms with Gasteiger partial charge in [-0.3, -0.25) is 4.98 Å². The van der Waals surface area contributed by atoms with Gasteiger partial charge in [-0.15, -0.1) is 0 Å². The fourth-order valence-electron chi connectivity index (χ4n) is 2.31. The van der Waals surface area contributed by atoms with E-state index in [-0.39, 0.29) is 17.0 Å². The SMILES string of the molecule is CC1(C)OB(/C=C/c2ncc(F)c3[nH]ccc23)OC1(C)C. The van der Waals surface area contributed by atoms with Gasteiger partial charge in [0.05, 0.1) is 28.6 Å². The fraction of sp³-hybridized carbons (Fsp3) is 0.400. The lowest BCUT2D eigenvalue weighted by molar-refractivity contribution is 0.00578. The number of nitrogens with zero attached hydrogens (tertiary/aromatic N) is 1. The van der Waals surface area contributed by atoms with Crippen molar-refractivity contribution < 1.29 is 13.7 Å². The molecule has 21 heavy (non-hydrogen) atoms. The van der Waals surface area contributed by atoms with E-state index >= 15 is 0 Å². The summed E-state index contributed by atoms with van der Waals surface area (Å²) in [4.78, 5) is 6.99. The van der Waals surface area contributed by atoms with Gasteiger partial charge in [0.2, 0.25) is 0 Å². The number of rotatable bonds is 2. The van der Waals surface area contributed by atoms with Gasteiger partial charge < -0.3 is 14.3 Å². The Hall–Kier alpha value is -1.66. The van der Waals surface area contributed by atoms with E-state index in [0.29, 0.717) is 11.2 Å². The molecule has 1 saturated heterocycles. The van der Waals surface area contributed by atoms with E-state index in [1.165, 1.54) is 6.20 Å². The third-order valence-electron chi connectivity index (χ3n) is 4.26. The molecule has 0 saturated carbocycles. The summed E-state index contributed by atoms with van der Waals surface area (Å²) in [5, 5.41) is 0.739. The molecule has 0 amide bonds. The van der Waals surface area contributed by atoms with Crippen LogP contribution < -0.4 is 0 Å². The van der Waals surface area contributed by atoms with Gasteiger partial charge in [-0.05, 0) is 39.8 Å². The highest BCUT2D eigenvalue weighted by Gasteiger charge is 2.50. The first-order valence-corrected chi connectivity index (χ1v) is 6.96. The number of aromatic amines is 1. The monoisotopic (exact) mass is 288 g/mol. The number of nitrogens with one attached hydrogen (secondary N) is 1. The maximum absolute atomic E-state index is 13.6. The number of pyridine rings is 1. The van der Waals surface area contributed by atoms with Crippen LogP contribution in [0, 0.1) is 5.82 Å². The quantitative estimate of drug-likeness (QED) is 0.862. The van der Waals surface area contributed by atoms with E-state index in [9.17, 15) is 4.39 Å². The smallest absolute Gasteiger partial charge is 0.400 e. The van der Waals surface area contributed by atoms with Crippen molar-refractivity contribution in [3.8, 4) is 0 Å². The van der Waals surface area contributed by atoms with Crippen LogP contribution in [0.5, 0.6) is 0 Å². The number of aromatic nitrogens is 2. The van der Waals surface area contributed by atoms with Crippen LogP contribution in [0.25, 0.3) is 17.0 Å². The molecule has 0 radical (unpaired) electrons.